The minimum atomic E-state index is -0.377. The van der Waals surface area contributed by atoms with Gasteiger partial charge in [-0.15, -0.1) is 11.8 Å². The van der Waals surface area contributed by atoms with Crippen LogP contribution < -0.4 is 10.5 Å². The Bertz CT molecular complexity index is 565. The number of benzene rings is 2. The van der Waals surface area contributed by atoms with Crippen LogP contribution in [0.5, 0.6) is 5.75 Å². The first-order chi connectivity index (χ1) is 9.15. The van der Waals surface area contributed by atoms with Crippen molar-refractivity contribution in [2.24, 2.45) is 0 Å². The van der Waals surface area contributed by atoms with E-state index in [1.165, 1.54) is 17.8 Å². The number of ether oxygens (including phenoxy) is 1. The molecule has 2 N–H and O–H groups in total. The van der Waals surface area contributed by atoms with Crippen LogP contribution in [0, 0.1) is 5.82 Å². The molecule has 0 radical (unpaired) electrons. The van der Waals surface area contributed by atoms with Crippen LogP contribution in [0.1, 0.15) is 0 Å². The van der Waals surface area contributed by atoms with E-state index >= 15 is 0 Å². The van der Waals surface area contributed by atoms with Crippen molar-refractivity contribution in [3.63, 3.8) is 0 Å². The quantitative estimate of drug-likeness (QED) is 0.499. The predicted molar refractivity (Wildman–Crippen MR) is 81.2 cm³/mol. The lowest BCUT2D eigenvalue weighted by Gasteiger charge is -2.07. The molecule has 0 saturated carbocycles. The molecule has 0 unspecified atom stereocenters. The van der Waals surface area contributed by atoms with Gasteiger partial charge >= 0.3 is 0 Å². The van der Waals surface area contributed by atoms with Gasteiger partial charge in [0.2, 0.25) is 0 Å². The molecule has 0 aromatic heterocycles. The molecular weight excluding hydrogens is 329 g/mol. The largest absolute Gasteiger partial charge is 0.493 e. The molecule has 0 heterocycles. The highest BCUT2D eigenvalue weighted by molar-refractivity contribution is 9.10. The van der Waals surface area contributed by atoms with Crippen molar-refractivity contribution < 1.29 is 9.13 Å². The molecule has 0 atom stereocenters. The number of thioether (sulfide) groups is 1. The molecule has 0 aliphatic carbocycles. The van der Waals surface area contributed by atoms with E-state index in [0.717, 1.165) is 20.9 Å². The van der Waals surface area contributed by atoms with Crippen LogP contribution in [0.2, 0.25) is 0 Å². The summed E-state index contributed by atoms with van der Waals surface area (Å²) in [5.74, 6) is 1.19. The van der Waals surface area contributed by atoms with Crippen LogP contribution in [0.4, 0.5) is 10.1 Å². The lowest BCUT2D eigenvalue weighted by atomic mass is 10.3. The maximum absolute atomic E-state index is 13.2. The van der Waals surface area contributed by atoms with Gasteiger partial charge in [0.15, 0.2) is 0 Å². The Balaban J connectivity index is 1.79. The number of nitrogen functional groups attached to an aromatic ring is 1. The van der Waals surface area contributed by atoms with Crippen molar-refractivity contribution in [2.75, 3.05) is 18.1 Å². The molecule has 0 aliphatic heterocycles. The number of halogens is 2. The fourth-order valence-electron chi connectivity index (χ4n) is 1.47. The Labute approximate surface area is 124 Å². The van der Waals surface area contributed by atoms with Gasteiger partial charge in [-0.1, -0.05) is 22.0 Å². The van der Waals surface area contributed by atoms with E-state index in [1.54, 1.807) is 6.07 Å². The Morgan fingerprint density at radius 2 is 2.05 bits per heavy atom. The van der Waals surface area contributed by atoms with Crippen molar-refractivity contribution in [3.05, 3.63) is 52.8 Å². The first kappa shape index (κ1) is 14.2. The van der Waals surface area contributed by atoms with Crippen LogP contribution in [-0.2, 0) is 0 Å². The highest BCUT2D eigenvalue weighted by atomic mass is 79.9. The molecule has 0 fully saturated rings. The second-order valence-corrected chi connectivity index (χ2v) is 5.92. The van der Waals surface area contributed by atoms with E-state index in [2.05, 4.69) is 15.9 Å². The van der Waals surface area contributed by atoms with E-state index < -0.39 is 0 Å². The summed E-state index contributed by atoms with van der Waals surface area (Å²) in [4.78, 5) is 0.851. The summed E-state index contributed by atoms with van der Waals surface area (Å²) in [6.07, 6.45) is 0. The second kappa shape index (κ2) is 6.82. The van der Waals surface area contributed by atoms with E-state index in [1.807, 2.05) is 30.3 Å². The van der Waals surface area contributed by atoms with Gasteiger partial charge in [-0.3, -0.25) is 0 Å². The summed E-state index contributed by atoms with van der Waals surface area (Å²) in [6.45, 7) is 0.563. The molecule has 0 aliphatic rings. The average Bonchev–Trinajstić information content (AvgIpc) is 2.39. The summed E-state index contributed by atoms with van der Waals surface area (Å²) < 4.78 is 19.8. The third-order valence-electron chi connectivity index (χ3n) is 2.39. The van der Waals surface area contributed by atoms with Crippen molar-refractivity contribution >= 4 is 33.4 Å². The Morgan fingerprint density at radius 3 is 2.79 bits per heavy atom. The first-order valence-electron chi connectivity index (χ1n) is 5.71. The van der Waals surface area contributed by atoms with Crippen LogP contribution >= 0.6 is 27.7 Å². The van der Waals surface area contributed by atoms with Crippen LogP contribution in [0.25, 0.3) is 0 Å². The van der Waals surface area contributed by atoms with E-state index in [9.17, 15) is 4.39 Å². The number of rotatable bonds is 5. The Hall–Kier alpha value is -1.20. The molecule has 2 aromatic rings. The number of hydrogen-bond donors (Lipinski definition) is 1. The fourth-order valence-corrected chi connectivity index (χ4v) is 2.61. The molecule has 0 amide bonds. The zero-order valence-corrected chi connectivity index (χ0v) is 12.5. The molecule has 19 heavy (non-hydrogen) atoms. The maximum Gasteiger partial charge on any atom is 0.147 e. The zero-order valence-electron chi connectivity index (χ0n) is 10.1. The molecule has 2 aromatic carbocycles. The van der Waals surface area contributed by atoms with Gasteiger partial charge in [0.25, 0.3) is 0 Å². The van der Waals surface area contributed by atoms with Crippen LogP contribution in [0.3, 0.4) is 0 Å². The third-order valence-corrected chi connectivity index (χ3v) is 3.84. The Morgan fingerprint density at radius 1 is 1.21 bits per heavy atom. The molecule has 100 valence electrons. The Kier molecular flexibility index (Phi) is 5.10. The summed E-state index contributed by atoms with van der Waals surface area (Å²) in [5, 5.41) is 0. The average molecular weight is 342 g/mol. The smallest absolute Gasteiger partial charge is 0.147 e. The van der Waals surface area contributed by atoms with Crippen molar-refractivity contribution in [2.45, 2.75) is 4.90 Å². The monoisotopic (exact) mass is 341 g/mol. The predicted octanol–water partition coefficient (Wildman–Crippen LogP) is 4.34. The van der Waals surface area contributed by atoms with Crippen LogP contribution in [0.15, 0.2) is 51.8 Å². The molecule has 0 spiro atoms. The normalized spacial score (nSPS) is 10.4. The van der Waals surface area contributed by atoms with Crippen molar-refractivity contribution in [3.8, 4) is 5.75 Å². The number of anilines is 1. The maximum atomic E-state index is 13.2. The summed E-state index contributed by atoms with van der Waals surface area (Å²) in [7, 11) is 0. The van der Waals surface area contributed by atoms with E-state index in [4.69, 9.17) is 10.5 Å². The standard InChI is InChI=1S/C14H13BrFNOS/c15-10-2-1-3-11(8-10)18-6-7-19-12-4-5-14(17)13(16)9-12/h1-5,8-9H,6-7,17H2. The zero-order chi connectivity index (χ0) is 13.7. The summed E-state index contributed by atoms with van der Waals surface area (Å²) >= 11 is 4.92. The van der Waals surface area contributed by atoms with Gasteiger partial charge in [-0.25, -0.2) is 4.39 Å². The second-order valence-electron chi connectivity index (χ2n) is 3.84. The van der Waals surface area contributed by atoms with Crippen molar-refractivity contribution in [1.82, 2.24) is 0 Å². The molecule has 0 saturated heterocycles. The van der Waals surface area contributed by atoms with Gasteiger partial charge in [-0.05, 0) is 36.4 Å². The fraction of sp³-hybridized carbons (Fsp3) is 0.143. The molecule has 2 rings (SSSR count). The van der Waals surface area contributed by atoms with Crippen molar-refractivity contribution in [1.29, 1.82) is 0 Å². The lowest BCUT2D eigenvalue weighted by Crippen LogP contribution is -2.00. The topological polar surface area (TPSA) is 35.2 Å². The molecule has 0 bridgehead atoms. The highest BCUT2D eigenvalue weighted by Gasteiger charge is 2.01. The van der Waals surface area contributed by atoms with Gasteiger partial charge in [0.05, 0.1) is 12.3 Å². The molecule has 2 nitrogen and oxygen atoms in total. The van der Waals surface area contributed by atoms with E-state index in [-0.39, 0.29) is 11.5 Å². The summed E-state index contributed by atoms with van der Waals surface area (Å²) in [5.41, 5.74) is 5.60. The number of hydrogen-bond acceptors (Lipinski definition) is 3. The third kappa shape index (κ3) is 4.44. The van der Waals surface area contributed by atoms with Crippen LogP contribution in [-0.4, -0.2) is 12.4 Å². The first-order valence-corrected chi connectivity index (χ1v) is 7.49. The lowest BCUT2D eigenvalue weighted by molar-refractivity contribution is 0.344. The van der Waals surface area contributed by atoms with Gasteiger partial charge in [0.1, 0.15) is 11.6 Å². The molecular formula is C14H13BrFNOS. The summed E-state index contributed by atoms with van der Waals surface area (Å²) in [6, 6.07) is 12.5. The van der Waals surface area contributed by atoms with Gasteiger partial charge < -0.3 is 10.5 Å². The minimum absolute atomic E-state index is 0.176. The highest BCUT2D eigenvalue weighted by Crippen LogP contribution is 2.22. The minimum Gasteiger partial charge on any atom is -0.493 e. The molecule has 5 heteroatoms. The van der Waals surface area contributed by atoms with Gasteiger partial charge in [0, 0.05) is 15.1 Å². The van der Waals surface area contributed by atoms with E-state index in [0.29, 0.717) is 6.61 Å². The van der Waals surface area contributed by atoms with Gasteiger partial charge in [-0.2, -0.15) is 0 Å². The number of nitrogens with two attached hydrogens (primary N) is 1. The SMILES string of the molecule is Nc1ccc(SCCOc2cccc(Br)c2)cc1F.